The van der Waals surface area contributed by atoms with Gasteiger partial charge < -0.3 is 5.73 Å². The minimum absolute atomic E-state index is 0.259. The van der Waals surface area contributed by atoms with Gasteiger partial charge in [0.15, 0.2) is 0 Å². The number of fused-ring (bicyclic) bond motifs is 3. The van der Waals surface area contributed by atoms with Crippen molar-refractivity contribution in [2.24, 2.45) is 5.73 Å². The van der Waals surface area contributed by atoms with Crippen LogP contribution < -0.4 is 5.73 Å². The Hall–Kier alpha value is -1.76. The van der Waals surface area contributed by atoms with Crippen molar-refractivity contribution in [3.8, 4) is 0 Å². The molecule has 3 rings (SSSR count). The van der Waals surface area contributed by atoms with E-state index >= 15 is 0 Å². The molecule has 1 amide bonds. The van der Waals surface area contributed by atoms with E-state index in [-0.39, 0.29) is 5.91 Å². The summed E-state index contributed by atoms with van der Waals surface area (Å²) in [7, 11) is 0. The fourth-order valence-electron chi connectivity index (χ4n) is 1.68. The predicted molar refractivity (Wildman–Crippen MR) is 85.1 cm³/mol. The topological polar surface area (TPSA) is 68.9 Å². The number of alkyl halides is 1. The molecule has 96 valence electrons. The van der Waals surface area contributed by atoms with Gasteiger partial charge in [0.25, 0.3) is 0 Å². The molecule has 0 unspecified atom stereocenters. The Morgan fingerprint density at radius 2 is 1.42 bits per heavy atom. The van der Waals surface area contributed by atoms with Gasteiger partial charge in [0, 0.05) is 23.2 Å². The van der Waals surface area contributed by atoms with Gasteiger partial charge in [-0.05, 0) is 12.1 Å². The highest BCUT2D eigenvalue weighted by atomic mass is 127. The number of halogens is 1. The van der Waals surface area contributed by atoms with Crippen LogP contribution in [0.1, 0.15) is 0 Å². The molecule has 0 atom stereocenters. The molecule has 0 spiro atoms. The van der Waals surface area contributed by atoms with E-state index in [1.807, 2.05) is 34.7 Å². The van der Waals surface area contributed by atoms with Crippen molar-refractivity contribution >= 4 is 50.3 Å². The number of pyridine rings is 2. The van der Waals surface area contributed by atoms with Gasteiger partial charge in [-0.2, -0.15) is 0 Å². The number of rotatable bonds is 1. The summed E-state index contributed by atoms with van der Waals surface area (Å²) in [5.41, 5.74) is 6.60. The van der Waals surface area contributed by atoms with Crippen LogP contribution in [0.5, 0.6) is 0 Å². The fourth-order valence-corrected chi connectivity index (χ4v) is 1.68. The van der Waals surface area contributed by atoms with Crippen LogP contribution in [0.25, 0.3) is 21.8 Å². The Morgan fingerprint density at radius 3 is 1.79 bits per heavy atom. The molecule has 2 aromatic heterocycles. The molecule has 1 aromatic carbocycles. The Labute approximate surface area is 124 Å². The average molecular weight is 365 g/mol. The van der Waals surface area contributed by atoms with Gasteiger partial charge in [-0.15, -0.1) is 0 Å². The number of amides is 1. The van der Waals surface area contributed by atoms with Crippen molar-refractivity contribution in [2.45, 2.75) is 0 Å². The maximum atomic E-state index is 9.58. The summed E-state index contributed by atoms with van der Waals surface area (Å²) in [6, 6.07) is 12.1. The number of carbonyl (C=O) groups excluding carboxylic acids is 1. The smallest absolute Gasteiger partial charge is 0.227 e. The van der Waals surface area contributed by atoms with E-state index in [1.165, 1.54) is 0 Å². The Morgan fingerprint density at radius 1 is 1.00 bits per heavy atom. The summed E-state index contributed by atoms with van der Waals surface area (Å²) in [4.78, 5) is 18.3. The van der Waals surface area contributed by atoms with Crippen LogP contribution in [-0.4, -0.2) is 20.3 Å². The lowest BCUT2D eigenvalue weighted by molar-refractivity contribution is -0.115. The third-order valence-electron chi connectivity index (χ3n) is 2.48. The minimum Gasteiger partial charge on any atom is -0.369 e. The van der Waals surface area contributed by atoms with Gasteiger partial charge in [-0.25, -0.2) is 0 Å². The van der Waals surface area contributed by atoms with Crippen molar-refractivity contribution in [1.82, 2.24) is 9.97 Å². The molecule has 2 N–H and O–H groups in total. The highest BCUT2D eigenvalue weighted by Gasteiger charge is 2.00. The summed E-state index contributed by atoms with van der Waals surface area (Å²) >= 11 is 1.90. The highest BCUT2D eigenvalue weighted by molar-refractivity contribution is 14.1. The molecule has 0 aliphatic rings. The molecule has 2 heterocycles. The number of aromatic nitrogens is 2. The lowest BCUT2D eigenvalue weighted by Gasteiger charge is -2.00. The molecule has 19 heavy (non-hydrogen) atoms. The number of hydrogen-bond donors (Lipinski definition) is 1. The number of primary amides is 1. The zero-order valence-corrected chi connectivity index (χ0v) is 12.2. The first-order valence-corrected chi connectivity index (χ1v) is 7.17. The molecule has 0 saturated heterocycles. The summed E-state index contributed by atoms with van der Waals surface area (Å²) < 4.78 is 0.414. The van der Waals surface area contributed by atoms with Crippen LogP contribution >= 0.6 is 22.6 Å². The largest absolute Gasteiger partial charge is 0.369 e. The Kier molecular flexibility index (Phi) is 4.62. The second kappa shape index (κ2) is 6.42. The summed E-state index contributed by atoms with van der Waals surface area (Å²) in [5.74, 6) is -0.259. The molecule has 0 bridgehead atoms. The molecule has 4 nitrogen and oxygen atoms in total. The molecule has 3 aromatic rings. The van der Waals surface area contributed by atoms with Gasteiger partial charge in [-0.1, -0.05) is 46.9 Å². The number of benzene rings is 1. The number of nitrogens with zero attached hydrogens (tertiary/aromatic N) is 2. The second-order valence-corrected chi connectivity index (χ2v) is 4.58. The van der Waals surface area contributed by atoms with E-state index in [9.17, 15) is 4.79 Å². The Bertz CT molecular complexity index is 660. The number of nitrogens with two attached hydrogens (primary N) is 1. The van der Waals surface area contributed by atoms with E-state index in [1.54, 1.807) is 12.4 Å². The van der Waals surface area contributed by atoms with Crippen molar-refractivity contribution < 1.29 is 4.79 Å². The lowest BCUT2D eigenvalue weighted by atomic mass is 10.1. The highest BCUT2D eigenvalue weighted by Crippen LogP contribution is 2.20. The van der Waals surface area contributed by atoms with Crippen molar-refractivity contribution in [1.29, 1.82) is 0 Å². The zero-order valence-electron chi connectivity index (χ0n) is 10.1. The SMILES string of the molecule is NC(=O)CI.c1cnc2c(c1)ccc1cccnc12. The van der Waals surface area contributed by atoms with Gasteiger partial charge in [0.05, 0.1) is 15.5 Å². The third-order valence-corrected chi connectivity index (χ3v) is 3.23. The van der Waals surface area contributed by atoms with E-state index in [0.29, 0.717) is 4.43 Å². The standard InChI is InChI=1S/C12H8N2.C2H4INO/c1-3-9-5-6-10-4-2-8-14-12(10)11(9)13-7-1;3-1-2(4)5/h1-8H;1H2,(H2,4,5). The Balaban J connectivity index is 0.000000232. The fraction of sp³-hybridized carbons (Fsp3) is 0.0714. The molecule has 0 radical (unpaired) electrons. The summed E-state index contributed by atoms with van der Waals surface area (Å²) in [6.45, 7) is 0. The quantitative estimate of drug-likeness (QED) is 0.410. The second-order valence-electron chi connectivity index (χ2n) is 3.82. The molecule has 5 heteroatoms. The van der Waals surface area contributed by atoms with E-state index in [0.717, 1.165) is 21.8 Å². The van der Waals surface area contributed by atoms with Gasteiger partial charge >= 0.3 is 0 Å². The van der Waals surface area contributed by atoms with Crippen LogP contribution in [-0.2, 0) is 4.79 Å². The monoisotopic (exact) mass is 365 g/mol. The van der Waals surface area contributed by atoms with Crippen molar-refractivity contribution in [3.63, 3.8) is 0 Å². The van der Waals surface area contributed by atoms with Crippen LogP contribution in [0, 0.1) is 0 Å². The molecule has 0 saturated carbocycles. The lowest BCUT2D eigenvalue weighted by Crippen LogP contribution is -2.10. The molecular weight excluding hydrogens is 353 g/mol. The molecule has 0 aliphatic heterocycles. The first kappa shape index (κ1) is 13.7. The average Bonchev–Trinajstić information content (AvgIpc) is 2.48. The van der Waals surface area contributed by atoms with Crippen LogP contribution in [0.4, 0.5) is 0 Å². The predicted octanol–water partition coefficient (Wildman–Crippen LogP) is 2.69. The van der Waals surface area contributed by atoms with Crippen LogP contribution in [0.3, 0.4) is 0 Å². The number of carbonyl (C=O) groups is 1. The van der Waals surface area contributed by atoms with Gasteiger partial charge in [0.1, 0.15) is 0 Å². The zero-order chi connectivity index (χ0) is 13.7. The van der Waals surface area contributed by atoms with E-state index in [4.69, 9.17) is 0 Å². The number of hydrogen-bond acceptors (Lipinski definition) is 3. The van der Waals surface area contributed by atoms with Crippen molar-refractivity contribution in [2.75, 3.05) is 4.43 Å². The molecule has 0 fully saturated rings. The summed E-state index contributed by atoms with van der Waals surface area (Å²) in [5, 5.41) is 2.28. The molecular formula is C14H12IN3O. The minimum atomic E-state index is -0.259. The first-order chi connectivity index (χ1) is 9.22. The van der Waals surface area contributed by atoms with Gasteiger partial charge in [0.2, 0.25) is 5.91 Å². The maximum absolute atomic E-state index is 9.58. The summed E-state index contributed by atoms with van der Waals surface area (Å²) in [6.07, 6.45) is 3.60. The van der Waals surface area contributed by atoms with Crippen LogP contribution in [0.2, 0.25) is 0 Å². The molecule has 0 aliphatic carbocycles. The van der Waals surface area contributed by atoms with E-state index < -0.39 is 0 Å². The normalized spacial score (nSPS) is 9.95. The van der Waals surface area contributed by atoms with Gasteiger partial charge in [-0.3, -0.25) is 14.8 Å². The van der Waals surface area contributed by atoms with Crippen molar-refractivity contribution in [3.05, 3.63) is 48.8 Å². The third kappa shape index (κ3) is 3.37. The van der Waals surface area contributed by atoms with E-state index in [2.05, 4.69) is 40.0 Å². The first-order valence-electron chi connectivity index (χ1n) is 5.65. The maximum Gasteiger partial charge on any atom is 0.227 e. The van der Waals surface area contributed by atoms with Crippen LogP contribution in [0.15, 0.2) is 48.8 Å².